The third kappa shape index (κ3) is 82.2. The Morgan fingerprint density at radius 3 is 0.785 bits per heavy atom. The lowest BCUT2D eigenvalue weighted by molar-refractivity contribution is -0.161. The van der Waals surface area contributed by atoms with Crippen molar-refractivity contribution in [2.75, 3.05) is 39.6 Å². The lowest BCUT2D eigenvalue weighted by Crippen LogP contribution is -2.30. The Morgan fingerprint density at radius 1 is 0.271 bits per heavy atom. The van der Waals surface area contributed by atoms with Gasteiger partial charge in [0.25, 0.3) is 0 Å². The van der Waals surface area contributed by atoms with E-state index in [1.165, 1.54) is 128 Å². The number of unbranched alkanes of at least 4 members (excludes halogenated alkanes) is 32. The normalized spacial score (nSPS) is 14.6. The van der Waals surface area contributed by atoms with Crippen LogP contribution in [-0.4, -0.2) is 95.9 Å². The topological polar surface area (TPSA) is 231 Å². The molecule has 0 rings (SSSR count). The quantitative estimate of drug-likeness (QED) is 0.0146. The molecule has 0 spiro atoms. The van der Waals surface area contributed by atoms with Crippen molar-refractivity contribution in [3.8, 4) is 0 Å². The van der Waals surface area contributed by atoms with Crippen molar-refractivity contribution in [3.63, 3.8) is 0 Å². The lowest BCUT2D eigenvalue weighted by Gasteiger charge is -2.21. The zero-order valence-electron chi connectivity index (χ0n) is 67.3. The van der Waals surface area contributed by atoms with E-state index < -0.39 is 91.5 Å². The summed E-state index contributed by atoms with van der Waals surface area (Å²) in [5.41, 5.74) is 0. The van der Waals surface area contributed by atoms with E-state index >= 15 is 0 Å². The molecular formula is C89H152O16P2. The summed E-state index contributed by atoms with van der Waals surface area (Å²) in [7, 11) is -9.81. The van der Waals surface area contributed by atoms with Crippen LogP contribution < -0.4 is 0 Å². The predicted molar refractivity (Wildman–Crippen MR) is 445 cm³/mol. The Kier molecular flexibility index (Phi) is 77.5. The van der Waals surface area contributed by atoms with E-state index in [1.807, 2.05) is 0 Å². The number of hydrogen-bond acceptors (Lipinski definition) is 14. The van der Waals surface area contributed by atoms with Crippen LogP contribution in [0.15, 0.2) is 146 Å². The largest absolute Gasteiger partial charge is 0.472 e. The van der Waals surface area contributed by atoms with Crippen molar-refractivity contribution >= 4 is 33.6 Å². The minimum Gasteiger partial charge on any atom is -0.463 e. The molecular weight excluding hydrogens is 1390 g/mol. The van der Waals surface area contributed by atoms with E-state index in [0.29, 0.717) is 19.3 Å². The highest BCUT2D eigenvalue weighted by molar-refractivity contribution is 7.47. The van der Waals surface area contributed by atoms with Gasteiger partial charge in [0.05, 0.1) is 26.4 Å². The highest BCUT2D eigenvalue weighted by atomic mass is 31.2. The molecule has 18 heteroatoms. The molecule has 0 aliphatic carbocycles. The molecule has 0 saturated carbocycles. The SMILES string of the molecule is CC/C=C\C/C=C\C/C=C\C/C=C\CCCCCCC(=O)OC(COC(=O)CCCCCCCCC/C=C\C/C=C\C/C=C\C/C=C\CCCCC)COP(=O)(O)OCC(O)COP(=O)(O)OCC(O)COC(=O)CCCCCCCCCCCCCCCCC/C=C\C/C=C\C/C=C\C/C=C\CCCCC. The molecule has 0 amide bonds. The first kappa shape index (κ1) is 102. The number of rotatable bonds is 79. The molecule has 4 N–H and O–H groups in total. The fourth-order valence-corrected chi connectivity index (χ4v) is 12.7. The summed E-state index contributed by atoms with van der Waals surface area (Å²) in [5, 5.41) is 20.7. The molecule has 0 bridgehead atoms. The number of phosphoric acid groups is 2. The van der Waals surface area contributed by atoms with Crippen LogP contribution in [0.3, 0.4) is 0 Å². The van der Waals surface area contributed by atoms with Crippen LogP contribution in [0.25, 0.3) is 0 Å². The van der Waals surface area contributed by atoms with Crippen molar-refractivity contribution in [2.45, 2.75) is 360 Å². The fourth-order valence-electron chi connectivity index (χ4n) is 11.1. The molecule has 0 radical (unpaired) electrons. The number of hydrogen-bond donors (Lipinski definition) is 4. The third-order valence-electron chi connectivity index (χ3n) is 17.5. The smallest absolute Gasteiger partial charge is 0.463 e. The van der Waals surface area contributed by atoms with Gasteiger partial charge >= 0.3 is 33.6 Å². The van der Waals surface area contributed by atoms with Crippen molar-refractivity contribution < 1.29 is 75.8 Å². The molecule has 5 unspecified atom stereocenters. The van der Waals surface area contributed by atoms with E-state index in [4.69, 9.17) is 32.3 Å². The minimum atomic E-state index is -4.95. The van der Waals surface area contributed by atoms with Gasteiger partial charge in [-0.25, -0.2) is 9.13 Å². The average molecular weight is 1540 g/mol. The van der Waals surface area contributed by atoms with Crippen LogP contribution >= 0.6 is 15.6 Å². The molecule has 0 saturated heterocycles. The first-order valence-corrected chi connectivity index (χ1v) is 45.1. The predicted octanol–water partition coefficient (Wildman–Crippen LogP) is 25.2. The molecule has 0 fully saturated rings. The number of esters is 3. The van der Waals surface area contributed by atoms with Gasteiger partial charge in [0, 0.05) is 19.3 Å². The molecule has 0 aromatic carbocycles. The Labute approximate surface area is 651 Å². The Hall–Kier alpha value is -4.57. The molecule has 0 aliphatic rings. The number of carbonyl (C=O) groups is 3. The lowest BCUT2D eigenvalue weighted by atomic mass is 10.0. The van der Waals surface area contributed by atoms with E-state index in [-0.39, 0.29) is 19.3 Å². The van der Waals surface area contributed by atoms with Crippen molar-refractivity contribution in [2.24, 2.45) is 0 Å². The Bertz CT molecular complexity index is 2530. The second-order valence-corrected chi connectivity index (χ2v) is 30.8. The number of aliphatic hydroxyl groups is 2. The van der Waals surface area contributed by atoms with Gasteiger partial charge in [-0.2, -0.15) is 0 Å². The third-order valence-corrected chi connectivity index (χ3v) is 19.4. The number of allylic oxidation sites excluding steroid dienone is 24. The van der Waals surface area contributed by atoms with Gasteiger partial charge in [-0.3, -0.25) is 32.5 Å². The van der Waals surface area contributed by atoms with Gasteiger partial charge < -0.3 is 34.2 Å². The van der Waals surface area contributed by atoms with Crippen LogP contribution in [0.2, 0.25) is 0 Å². The van der Waals surface area contributed by atoms with Crippen LogP contribution in [0.5, 0.6) is 0 Å². The van der Waals surface area contributed by atoms with Gasteiger partial charge in [-0.05, 0) is 148 Å². The number of phosphoric ester groups is 2. The van der Waals surface area contributed by atoms with Crippen molar-refractivity contribution in [3.05, 3.63) is 146 Å². The fraction of sp³-hybridized carbons (Fsp3) is 0.697. The number of carbonyl (C=O) groups excluding carboxylic acids is 3. The van der Waals surface area contributed by atoms with E-state index in [1.54, 1.807) is 0 Å². The number of aliphatic hydroxyl groups excluding tert-OH is 2. The summed E-state index contributed by atoms with van der Waals surface area (Å²) in [4.78, 5) is 58.8. The first-order chi connectivity index (χ1) is 52.2. The number of ether oxygens (including phenoxy) is 3. The Morgan fingerprint density at radius 2 is 0.495 bits per heavy atom. The highest BCUT2D eigenvalue weighted by Crippen LogP contribution is 2.45. The maximum Gasteiger partial charge on any atom is 0.472 e. The summed E-state index contributed by atoms with van der Waals surface area (Å²) >= 11 is 0. The van der Waals surface area contributed by atoms with Crippen molar-refractivity contribution in [1.82, 2.24) is 0 Å². The highest BCUT2D eigenvalue weighted by Gasteiger charge is 2.29. The van der Waals surface area contributed by atoms with Crippen molar-refractivity contribution in [1.29, 1.82) is 0 Å². The molecule has 16 nitrogen and oxygen atoms in total. The van der Waals surface area contributed by atoms with Gasteiger partial charge in [-0.15, -0.1) is 0 Å². The van der Waals surface area contributed by atoms with E-state index in [2.05, 4.69) is 167 Å². The summed E-state index contributed by atoms with van der Waals surface area (Å²) in [6.07, 6.45) is 100. The molecule has 107 heavy (non-hydrogen) atoms. The second kappa shape index (κ2) is 80.9. The summed E-state index contributed by atoms with van der Waals surface area (Å²) in [6.45, 7) is 2.49. The minimum absolute atomic E-state index is 0.0702. The van der Waals surface area contributed by atoms with Crippen LogP contribution in [0.4, 0.5) is 0 Å². The monoisotopic (exact) mass is 1540 g/mol. The summed E-state index contributed by atoms with van der Waals surface area (Å²) < 4.78 is 61.2. The molecule has 0 aromatic rings. The zero-order valence-corrected chi connectivity index (χ0v) is 69.1. The molecule has 0 aromatic heterocycles. The molecule has 614 valence electrons. The first-order valence-electron chi connectivity index (χ1n) is 42.1. The van der Waals surface area contributed by atoms with Crippen LogP contribution in [0, 0.1) is 0 Å². The maximum absolute atomic E-state index is 13.0. The molecule has 5 atom stereocenters. The molecule has 0 aliphatic heterocycles. The van der Waals surface area contributed by atoms with Gasteiger partial charge in [0.15, 0.2) is 6.10 Å². The summed E-state index contributed by atoms with van der Waals surface area (Å²) in [5.74, 6) is -1.61. The second-order valence-electron chi connectivity index (χ2n) is 27.9. The maximum atomic E-state index is 13.0. The molecule has 0 heterocycles. The zero-order chi connectivity index (χ0) is 78.0. The van der Waals surface area contributed by atoms with Gasteiger partial charge in [-0.1, -0.05) is 321 Å². The summed E-state index contributed by atoms with van der Waals surface area (Å²) in [6, 6.07) is 0. The average Bonchev–Trinajstić information content (AvgIpc) is 0.933. The van der Waals surface area contributed by atoms with Crippen LogP contribution in [-0.2, 0) is 55.8 Å². The van der Waals surface area contributed by atoms with Gasteiger partial charge in [0.2, 0.25) is 0 Å². The van der Waals surface area contributed by atoms with E-state index in [0.717, 1.165) is 154 Å². The van der Waals surface area contributed by atoms with E-state index in [9.17, 15) is 43.5 Å². The van der Waals surface area contributed by atoms with Gasteiger partial charge in [0.1, 0.15) is 25.4 Å². The van der Waals surface area contributed by atoms with Crippen LogP contribution in [0.1, 0.15) is 342 Å². The Balaban J connectivity index is 4.55. The standard InChI is InChI=1S/C89H152O16P2/c1-4-7-10-13-16-19-22-25-28-31-33-35-37-38-39-40-41-42-43-44-46-48-49-52-54-57-60-63-66-69-72-75-87(92)99-78-84(90)79-101-106(95,96)102-80-85(91)81-103-107(97,98)104-83-86(105-89(94)77-74-71-68-65-62-59-56-51-30-27-24-21-18-15-12-9-6-3)82-100-88(93)76-73-70-67-64-61-58-55-53-50-47-45-36-34-32-29-26-23-20-17-14-11-8-5-2/h9,12,16-21,25-30,33-36,38-39,47,50,56,59,84-86,90-91H,4-8,10-11,13-15,22-24,31-32,37,40-46,48-49,51-55,57-58,60-83H2,1-3H3,(H,95,96)(H,97,98)/b12-9-,19-16-,20-17-,21-18-,28-25-,29-26-,30-27-,35-33-,36-34-,39-38-,50-47-,59-56-.